The van der Waals surface area contributed by atoms with Crippen molar-refractivity contribution in [1.29, 1.82) is 0 Å². The third-order valence-electron chi connectivity index (χ3n) is 3.39. The van der Waals surface area contributed by atoms with Gasteiger partial charge >= 0.3 is 0 Å². The number of aromatic nitrogens is 1. The smallest absolute Gasteiger partial charge is 0.166 e. The summed E-state index contributed by atoms with van der Waals surface area (Å²) in [6.07, 6.45) is 5.49. The topological polar surface area (TPSA) is 28.2 Å². The van der Waals surface area contributed by atoms with Gasteiger partial charge in [0.05, 0.1) is 0 Å². The van der Waals surface area contributed by atoms with Gasteiger partial charge in [-0.1, -0.05) is 6.42 Å². The fourth-order valence-electron chi connectivity index (χ4n) is 2.28. The van der Waals surface area contributed by atoms with Crippen molar-refractivity contribution in [3.63, 3.8) is 0 Å². The summed E-state index contributed by atoms with van der Waals surface area (Å²) in [6, 6.07) is 1.84. The van der Waals surface area contributed by atoms with Crippen molar-refractivity contribution in [2.24, 2.45) is 0 Å². The van der Waals surface area contributed by atoms with Crippen molar-refractivity contribution in [3.05, 3.63) is 22.6 Å². The van der Waals surface area contributed by atoms with Crippen LogP contribution in [0.15, 0.2) is 16.7 Å². The number of nitrogens with zero attached hydrogens (tertiary/aromatic N) is 2. The summed E-state index contributed by atoms with van der Waals surface area (Å²) in [6.45, 7) is 5.21. The standard InChI is InChI=1S/C13H19BrFN3/c1-10(18-5-3-2-4-6-18)8-16-13-12(15)7-11(14)9-17-13/h7,9-10H,2-6,8H2,1H3,(H,16,17). The average Bonchev–Trinajstić information content (AvgIpc) is 2.38. The first-order valence-corrected chi connectivity index (χ1v) is 7.25. The van der Waals surface area contributed by atoms with Crippen molar-refractivity contribution < 1.29 is 4.39 Å². The van der Waals surface area contributed by atoms with Gasteiger partial charge < -0.3 is 5.32 Å². The molecule has 18 heavy (non-hydrogen) atoms. The second-order valence-electron chi connectivity index (χ2n) is 4.81. The molecule has 1 aromatic rings. The van der Waals surface area contributed by atoms with Crippen molar-refractivity contribution >= 4 is 21.7 Å². The zero-order chi connectivity index (χ0) is 13.0. The molecule has 0 amide bonds. The van der Waals surface area contributed by atoms with E-state index in [2.05, 4.69) is 38.1 Å². The summed E-state index contributed by atoms with van der Waals surface area (Å²) in [4.78, 5) is 6.50. The van der Waals surface area contributed by atoms with E-state index in [-0.39, 0.29) is 5.82 Å². The number of piperidine rings is 1. The van der Waals surface area contributed by atoms with E-state index in [0.29, 0.717) is 16.3 Å². The Hall–Kier alpha value is -0.680. The predicted molar refractivity (Wildman–Crippen MR) is 75.3 cm³/mol. The minimum absolute atomic E-state index is 0.310. The third-order valence-corrected chi connectivity index (χ3v) is 3.82. The molecule has 100 valence electrons. The Balaban J connectivity index is 1.86. The summed E-state index contributed by atoms with van der Waals surface area (Å²) < 4.78 is 14.2. The summed E-state index contributed by atoms with van der Waals surface area (Å²) in [5.74, 6) is 0.0253. The maximum atomic E-state index is 13.6. The van der Waals surface area contributed by atoms with Gasteiger partial charge in [0.2, 0.25) is 0 Å². The van der Waals surface area contributed by atoms with E-state index in [1.54, 1.807) is 6.20 Å². The number of rotatable bonds is 4. The van der Waals surface area contributed by atoms with Crippen molar-refractivity contribution in [3.8, 4) is 0 Å². The minimum Gasteiger partial charge on any atom is -0.366 e. The van der Waals surface area contributed by atoms with Gasteiger partial charge in [0, 0.05) is 23.3 Å². The van der Waals surface area contributed by atoms with E-state index >= 15 is 0 Å². The Morgan fingerprint density at radius 2 is 2.17 bits per heavy atom. The Morgan fingerprint density at radius 3 is 2.83 bits per heavy atom. The number of pyridine rings is 1. The maximum Gasteiger partial charge on any atom is 0.166 e. The van der Waals surface area contributed by atoms with Crippen LogP contribution in [-0.4, -0.2) is 35.6 Å². The molecule has 0 saturated carbocycles. The molecule has 0 aromatic carbocycles. The monoisotopic (exact) mass is 315 g/mol. The zero-order valence-electron chi connectivity index (χ0n) is 10.6. The molecule has 1 aliphatic rings. The molecule has 5 heteroatoms. The fraction of sp³-hybridized carbons (Fsp3) is 0.615. The van der Waals surface area contributed by atoms with Crippen LogP contribution in [0.1, 0.15) is 26.2 Å². The lowest BCUT2D eigenvalue weighted by Crippen LogP contribution is -2.41. The highest BCUT2D eigenvalue weighted by Gasteiger charge is 2.16. The lowest BCUT2D eigenvalue weighted by Gasteiger charge is -2.32. The van der Waals surface area contributed by atoms with Crippen LogP contribution in [0, 0.1) is 5.82 Å². The Labute approximate surface area is 116 Å². The SMILES string of the molecule is CC(CNc1ncc(Br)cc1F)N1CCCCC1. The Kier molecular flexibility index (Phi) is 4.95. The van der Waals surface area contributed by atoms with Gasteiger partial charge in [-0.15, -0.1) is 0 Å². The van der Waals surface area contributed by atoms with Crippen LogP contribution in [-0.2, 0) is 0 Å². The second kappa shape index (κ2) is 6.48. The molecule has 0 aliphatic carbocycles. The van der Waals surface area contributed by atoms with E-state index in [1.165, 1.54) is 25.3 Å². The van der Waals surface area contributed by atoms with Gasteiger partial charge in [-0.25, -0.2) is 9.37 Å². The number of anilines is 1. The minimum atomic E-state index is -0.310. The van der Waals surface area contributed by atoms with Gasteiger partial charge in [-0.2, -0.15) is 0 Å². The van der Waals surface area contributed by atoms with Crippen molar-refractivity contribution in [2.45, 2.75) is 32.2 Å². The van der Waals surface area contributed by atoms with Crippen LogP contribution in [0.25, 0.3) is 0 Å². The number of nitrogens with one attached hydrogen (secondary N) is 1. The maximum absolute atomic E-state index is 13.6. The third kappa shape index (κ3) is 3.65. The molecular weight excluding hydrogens is 297 g/mol. The van der Waals surface area contributed by atoms with Gasteiger partial charge in [-0.3, -0.25) is 4.90 Å². The molecule has 3 nitrogen and oxygen atoms in total. The number of hydrogen-bond acceptors (Lipinski definition) is 3. The fourth-order valence-corrected chi connectivity index (χ4v) is 2.58. The molecule has 1 N–H and O–H groups in total. The molecule has 1 fully saturated rings. The van der Waals surface area contributed by atoms with Gasteiger partial charge in [0.1, 0.15) is 0 Å². The first-order chi connectivity index (χ1) is 8.66. The molecule has 2 rings (SSSR count). The van der Waals surface area contributed by atoms with E-state index in [4.69, 9.17) is 0 Å². The molecule has 0 bridgehead atoms. The normalized spacial score (nSPS) is 18.6. The second-order valence-corrected chi connectivity index (χ2v) is 5.73. The first kappa shape index (κ1) is 13.7. The largest absolute Gasteiger partial charge is 0.366 e. The molecule has 1 atom stereocenters. The Morgan fingerprint density at radius 1 is 1.44 bits per heavy atom. The van der Waals surface area contributed by atoms with E-state index in [1.807, 2.05) is 0 Å². The number of hydrogen-bond donors (Lipinski definition) is 1. The quantitative estimate of drug-likeness (QED) is 0.924. The lowest BCUT2D eigenvalue weighted by molar-refractivity contribution is 0.180. The zero-order valence-corrected chi connectivity index (χ0v) is 12.2. The van der Waals surface area contributed by atoms with Crippen LogP contribution in [0.4, 0.5) is 10.2 Å². The molecule has 0 spiro atoms. The van der Waals surface area contributed by atoms with Crippen LogP contribution < -0.4 is 5.32 Å². The number of likely N-dealkylation sites (tertiary alicyclic amines) is 1. The molecule has 0 radical (unpaired) electrons. The summed E-state index contributed by atoms with van der Waals surface area (Å²) in [7, 11) is 0. The molecule has 1 unspecified atom stereocenters. The van der Waals surface area contributed by atoms with Crippen molar-refractivity contribution in [1.82, 2.24) is 9.88 Å². The van der Waals surface area contributed by atoms with Crippen LogP contribution in [0.3, 0.4) is 0 Å². The van der Waals surface area contributed by atoms with E-state index in [9.17, 15) is 4.39 Å². The van der Waals surface area contributed by atoms with Crippen LogP contribution >= 0.6 is 15.9 Å². The highest BCUT2D eigenvalue weighted by molar-refractivity contribution is 9.10. The number of halogens is 2. The van der Waals surface area contributed by atoms with E-state index in [0.717, 1.165) is 19.6 Å². The molecule has 1 aliphatic heterocycles. The van der Waals surface area contributed by atoms with Gasteiger partial charge in [0.25, 0.3) is 0 Å². The molecule has 2 heterocycles. The van der Waals surface area contributed by atoms with Crippen LogP contribution in [0.2, 0.25) is 0 Å². The summed E-state index contributed by atoms with van der Waals surface area (Å²) in [5, 5.41) is 3.09. The highest BCUT2D eigenvalue weighted by atomic mass is 79.9. The first-order valence-electron chi connectivity index (χ1n) is 6.46. The van der Waals surface area contributed by atoms with Gasteiger partial charge in [-0.05, 0) is 54.9 Å². The van der Waals surface area contributed by atoms with Crippen LogP contribution in [0.5, 0.6) is 0 Å². The highest BCUT2D eigenvalue weighted by Crippen LogP contribution is 2.17. The van der Waals surface area contributed by atoms with E-state index < -0.39 is 0 Å². The van der Waals surface area contributed by atoms with Gasteiger partial charge in [0.15, 0.2) is 11.6 Å². The molecule has 1 saturated heterocycles. The lowest BCUT2D eigenvalue weighted by atomic mass is 10.1. The summed E-state index contributed by atoms with van der Waals surface area (Å²) >= 11 is 3.20. The molecular formula is C13H19BrFN3. The van der Waals surface area contributed by atoms with Crippen molar-refractivity contribution in [2.75, 3.05) is 25.0 Å². The molecule has 1 aromatic heterocycles. The summed E-state index contributed by atoms with van der Waals surface area (Å²) in [5.41, 5.74) is 0. The Bertz CT molecular complexity index is 394. The predicted octanol–water partition coefficient (Wildman–Crippen LogP) is 3.27. The average molecular weight is 316 g/mol.